The molecule has 0 radical (unpaired) electrons. The summed E-state index contributed by atoms with van der Waals surface area (Å²) in [6.45, 7) is 3.91. The number of amides is 1. The Morgan fingerprint density at radius 1 is 1.14 bits per heavy atom. The van der Waals surface area contributed by atoms with Crippen LogP contribution in [0.15, 0.2) is 48.5 Å². The lowest BCUT2D eigenvalue weighted by atomic mass is 9.76. The van der Waals surface area contributed by atoms with Crippen LogP contribution in [0, 0.1) is 5.41 Å². The molecular weight excluding hydrogens is 276 g/mol. The summed E-state index contributed by atoms with van der Waals surface area (Å²) in [4.78, 5) is 12.5. The fourth-order valence-electron chi connectivity index (χ4n) is 2.78. The van der Waals surface area contributed by atoms with E-state index in [1.807, 2.05) is 62.4 Å². The molecule has 22 heavy (non-hydrogen) atoms. The first kappa shape index (κ1) is 14.4. The Labute approximate surface area is 130 Å². The number of anilines is 2. The third-order valence-electron chi connectivity index (χ3n) is 4.21. The molecule has 0 aliphatic carbocycles. The quantitative estimate of drug-likeness (QED) is 0.905. The Morgan fingerprint density at radius 2 is 1.86 bits per heavy atom. The number of carbonyl (C=O) groups is 1. The largest absolute Gasteiger partial charge is 0.497 e. The van der Waals surface area contributed by atoms with E-state index in [0.29, 0.717) is 0 Å². The van der Waals surface area contributed by atoms with Gasteiger partial charge in [-0.2, -0.15) is 0 Å². The van der Waals surface area contributed by atoms with Crippen molar-refractivity contribution in [3.05, 3.63) is 54.1 Å². The molecule has 2 N–H and O–H groups in total. The van der Waals surface area contributed by atoms with Gasteiger partial charge in [-0.1, -0.05) is 24.3 Å². The molecule has 0 fully saturated rings. The van der Waals surface area contributed by atoms with Gasteiger partial charge in [0.15, 0.2) is 0 Å². The minimum Gasteiger partial charge on any atom is -0.497 e. The lowest BCUT2D eigenvalue weighted by Gasteiger charge is -2.40. The summed E-state index contributed by atoms with van der Waals surface area (Å²) >= 11 is 0. The van der Waals surface area contributed by atoms with Gasteiger partial charge >= 0.3 is 0 Å². The Hall–Kier alpha value is -2.49. The van der Waals surface area contributed by atoms with Gasteiger partial charge in [-0.15, -0.1) is 0 Å². The molecule has 3 rings (SSSR count). The summed E-state index contributed by atoms with van der Waals surface area (Å²) in [7, 11) is 1.62. The average Bonchev–Trinajstić information content (AvgIpc) is 2.52. The molecule has 4 nitrogen and oxygen atoms in total. The molecule has 2 aromatic carbocycles. The molecule has 1 aliphatic heterocycles. The zero-order valence-electron chi connectivity index (χ0n) is 13.0. The molecule has 0 spiro atoms. The van der Waals surface area contributed by atoms with Crippen molar-refractivity contribution >= 4 is 17.3 Å². The van der Waals surface area contributed by atoms with Crippen LogP contribution in [0.1, 0.15) is 25.5 Å². The molecule has 2 aromatic rings. The summed E-state index contributed by atoms with van der Waals surface area (Å²) in [5.74, 6) is 0.735. The van der Waals surface area contributed by atoms with Crippen molar-refractivity contribution in [2.24, 2.45) is 5.41 Å². The van der Waals surface area contributed by atoms with Crippen molar-refractivity contribution in [1.82, 2.24) is 0 Å². The second-order valence-corrected chi connectivity index (χ2v) is 6.07. The number of ether oxygens (including phenoxy) is 1. The van der Waals surface area contributed by atoms with Crippen LogP contribution in [0.4, 0.5) is 11.4 Å². The number of rotatable bonds is 3. The number of carbonyl (C=O) groups excluding carboxylic acids is 1. The number of hydrogen-bond donors (Lipinski definition) is 2. The maximum atomic E-state index is 12.5. The highest BCUT2D eigenvalue weighted by molar-refractivity contribution is 5.99. The number of hydrogen-bond acceptors (Lipinski definition) is 3. The molecule has 0 saturated heterocycles. The van der Waals surface area contributed by atoms with E-state index in [0.717, 1.165) is 22.7 Å². The van der Waals surface area contributed by atoms with E-state index in [-0.39, 0.29) is 11.9 Å². The predicted molar refractivity (Wildman–Crippen MR) is 88.2 cm³/mol. The Bertz CT molecular complexity index is 695. The Morgan fingerprint density at radius 3 is 2.55 bits per heavy atom. The molecule has 0 saturated carbocycles. The van der Waals surface area contributed by atoms with Crippen molar-refractivity contribution in [3.8, 4) is 5.75 Å². The maximum Gasteiger partial charge on any atom is 0.232 e. The van der Waals surface area contributed by atoms with Crippen LogP contribution in [0.3, 0.4) is 0 Å². The molecule has 114 valence electrons. The van der Waals surface area contributed by atoms with Gasteiger partial charge in [0.05, 0.1) is 18.6 Å². The SMILES string of the molecule is COc1ccc2c(c1)NC(=O)C(C)(C)C2Nc1ccccc1. The van der Waals surface area contributed by atoms with E-state index < -0.39 is 5.41 Å². The minimum atomic E-state index is -0.558. The summed E-state index contributed by atoms with van der Waals surface area (Å²) in [5.41, 5.74) is 2.31. The standard InChI is InChI=1S/C18H20N2O2/c1-18(2)16(19-12-7-5-4-6-8-12)14-10-9-13(22-3)11-15(14)20-17(18)21/h4-11,16,19H,1-3H3,(H,20,21). The fraction of sp³-hybridized carbons (Fsp3) is 0.278. The molecule has 1 atom stereocenters. The highest BCUT2D eigenvalue weighted by Gasteiger charge is 2.42. The number of benzene rings is 2. The van der Waals surface area contributed by atoms with Gasteiger partial charge in [-0.3, -0.25) is 4.79 Å². The predicted octanol–water partition coefficient (Wildman–Crippen LogP) is 3.83. The molecule has 4 heteroatoms. The van der Waals surface area contributed by atoms with E-state index in [2.05, 4.69) is 10.6 Å². The van der Waals surface area contributed by atoms with Crippen molar-refractivity contribution in [2.75, 3.05) is 17.7 Å². The summed E-state index contributed by atoms with van der Waals surface area (Å²) in [6, 6.07) is 15.6. The second-order valence-electron chi connectivity index (χ2n) is 6.07. The van der Waals surface area contributed by atoms with Crippen LogP contribution in [0.2, 0.25) is 0 Å². The van der Waals surface area contributed by atoms with Gasteiger partial charge in [0.1, 0.15) is 5.75 Å². The van der Waals surface area contributed by atoms with Crippen LogP contribution < -0.4 is 15.4 Å². The van der Waals surface area contributed by atoms with E-state index >= 15 is 0 Å². The lowest BCUT2D eigenvalue weighted by molar-refractivity contribution is -0.125. The van der Waals surface area contributed by atoms with Crippen molar-refractivity contribution < 1.29 is 9.53 Å². The highest BCUT2D eigenvalue weighted by Crippen LogP contribution is 2.45. The third kappa shape index (κ3) is 2.41. The second kappa shape index (κ2) is 5.37. The van der Waals surface area contributed by atoms with Crippen LogP contribution in [-0.2, 0) is 4.79 Å². The number of para-hydroxylation sites is 1. The molecule has 1 amide bonds. The lowest BCUT2D eigenvalue weighted by Crippen LogP contribution is -2.43. The molecule has 1 aliphatic rings. The first-order chi connectivity index (χ1) is 10.5. The minimum absolute atomic E-state index is 0.00156. The monoisotopic (exact) mass is 296 g/mol. The highest BCUT2D eigenvalue weighted by atomic mass is 16.5. The van der Waals surface area contributed by atoms with Crippen molar-refractivity contribution in [2.45, 2.75) is 19.9 Å². The van der Waals surface area contributed by atoms with Crippen molar-refractivity contribution in [1.29, 1.82) is 0 Å². The number of nitrogens with one attached hydrogen (secondary N) is 2. The number of methoxy groups -OCH3 is 1. The molecule has 1 heterocycles. The van der Waals surface area contributed by atoms with Gasteiger partial charge in [-0.25, -0.2) is 0 Å². The summed E-state index contributed by atoms with van der Waals surface area (Å²) in [5, 5.41) is 6.48. The average molecular weight is 296 g/mol. The zero-order valence-corrected chi connectivity index (χ0v) is 13.0. The molecular formula is C18H20N2O2. The Kier molecular flexibility index (Phi) is 3.53. The zero-order chi connectivity index (χ0) is 15.7. The first-order valence-electron chi connectivity index (χ1n) is 7.33. The smallest absolute Gasteiger partial charge is 0.232 e. The summed E-state index contributed by atoms with van der Waals surface area (Å²) in [6.07, 6.45) is 0. The van der Waals surface area contributed by atoms with Crippen LogP contribution in [-0.4, -0.2) is 13.0 Å². The van der Waals surface area contributed by atoms with E-state index in [1.165, 1.54) is 0 Å². The van der Waals surface area contributed by atoms with Gasteiger partial charge in [0, 0.05) is 17.4 Å². The van der Waals surface area contributed by atoms with Gasteiger partial charge in [0.25, 0.3) is 0 Å². The van der Waals surface area contributed by atoms with Gasteiger partial charge in [0.2, 0.25) is 5.91 Å². The molecule has 1 unspecified atom stereocenters. The van der Waals surface area contributed by atoms with E-state index in [1.54, 1.807) is 7.11 Å². The van der Waals surface area contributed by atoms with Gasteiger partial charge < -0.3 is 15.4 Å². The summed E-state index contributed by atoms with van der Waals surface area (Å²) < 4.78 is 5.25. The van der Waals surface area contributed by atoms with Crippen LogP contribution >= 0.6 is 0 Å². The van der Waals surface area contributed by atoms with Crippen LogP contribution in [0.5, 0.6) is 5.75 Å². The topological polar surface area (TPSA) is 50.4 Å². The third-order valence-corrected chi connectivity index (χ3v) is 4.21. The maximum absolute atomic E-state index is 12.5. The first-order valence-corrected chi connectivity index (χ1v) is 7.33. The van der Waals surface area contributed by atoms with E-state index in [9.17, 15) is 4.79 Å². The molecule has 0 aromatic heterocycles. The fourth-order valence-corrected chi connectivity index (χ4v) is 2.78. The Balaban J connectivity index is 2.04. The molecule has 0 bridgehead atoms. The van der Waals surface area contributed by atoms with Crippen molar-refractivity contribution in [3.63, 3.8) is 0 Å². The number of fused-ring (bicyclic) bond motifs is 1. The normalized spacial score (nSPS) is 19.0. The van der Waals surface area contributed by atoms with E-state index in [4.69, 9.17) is 4.74 Å². The van der Waals surface area contributed by atoms with Gasteiger partial charge in [-0.05, 0) is 37.6 Å². The van der Waals surface area contributed by atoms with Crippen LogP contribution in [0.25, 0.3) is 0 Å².